The maximum Gasteiger partial charge on any atom is 0.225 e. The van der Waals surface area contributed by atoms with Crippen molar-refractivity contribution in [2.24, 2.45) is 5.73 Å². The topological polar surface area (TPSA) is 107 Å². The van der Waals surface area contributed by atoms with E-state index in [1.165, 1.54) is 4.88 Å². The van der Waals surface area contributed by atoms with Crippen molar-refractivity contribution in [2.75, 3.05) is 0 Å². The number of nitrogens with zero attached hydrogens (tertiary/aromatic N) is 4. The second-order valence-corrected chi connectivity index (χ2v) is 6.86. The summed E-state index contributed by atoms with van der Waals surface area (Å²) >= 11 is 1.61. The summed E-state index contributed by atoms with van der Waals surface area (Å²) in [6.45, 7) is 5.71. The van der Waals surface area contributed by atoms with Crippen LogP contribution in [0.25, 0.3) is 0 Å². The van der Waals surface area contributed by atoms with E-state index in [1.807, 2.05) is 12.4 Å². The second-order valence-electron chi connectivity index (χ2n) is 5.92. The zero-order valence-electron chi connectivity index (χ0n) is 13.0. The molecule has 2 aromatic rings. The van der Waals surface area contributed by atoms with Crippen molar-refractivity contribution in [3.8, 4) is 0 Å². The normalized spacial score (nSPS) is 11.8. The first kappa shape index (κ1) is 16.6. The molecule has 2 heterocycles. The average Bonchev–Trinajstić information content (AvgIpc) is 2.91. The molecule has 8 heteroatoms. The molecule has 2 rings (SSSR count). The predicted octanol–water partition coefficient (Wildman–Crippen LogP) is 0.627. The number of aliphatic hydroxyl groups is 1. The van der Waals surface area contributed by atoms with Crippen LogP contribution in [0.5, 0.6) is 0 Å². The minimum Gasteiger partial charge on any atom is -0.389 e. The van der Waals surface area contributed by atoms with Crippen LogP contribution in [0.4, 0.5) is 0 Å². The van der Waals surface area contributed by atoms with Gasteiger partial charge in [-0.15, -0.1) is 11.3 Å². The number of aryl methyl sites for hydroxylation is 3. The van der Waals surface area contributed by atoms with Gasteiger partial charge in [-0.2, -0.15) is 5.10 Å². The molecule has 0 aliphatic carbocycles. The van der Waals surface area contributed by atoms with Gasteiger partial charge in [0, 0.05) is 11.3 Å². The summed E-state index contributed by atoms with van der Waals surface area (Å²) in [6, 6.07) is 0. The molecule has 0 radical (unpaired) electrons. The van der Waals surface area contributed by atoms with Gasteiger partial charge >= 0.3 is 0 Å². The van der Waals surface area contributed by atoms with Gasteiger partial charge in [0.05, 0.1) is 29.8 Å². The van der Waals surface area contributed by atoms with Crippen molar-refractivity contribution in [1.29, 1.82) is 0 Å². The number of hydrogen-bond donors (Lipinski definition) is 2. The third-order valence-electron chi connectivity index (χ3n) is 3.08. The molecule has 7 nitrogen and oxygen atoms in total. The highest BCUT2D eigenvalue weighted by molar-refractivity contribution is 7.09. The van der Waals surface area contributed by atoms with Crippen LogP contribution < -0.4 is 5.73 Å². The molecule has 0 spiro atoms. The number of rotatable bonds is 7. The van der Waals surface area contributed by atoms with E-state index in [0.717, 1.165) is 17.9 Å². The van der Waals surface area contributed by atoms with E-state index in [0.29, 0.717) is 18.8 Å². The van der Waals surface area contributed by atoms with Crippen LogP contribution in [0.3, 0.4) is 0 Å². The number of carbonyl (C=O) groups excluding carboxylic acids is 1. The van der Waals surface area contributed by atoms with Gasteiger partial charge in [0.2, 0.25) is 5.91 Å². The van der Waals surface area contributed by atoms with Gasteiger partial charge in [-0.25, -0.2) is 14.6 Å². The van der Waals surface area contributed by atoms with Gasteiger partial charge in [0.25, 0.3) is 0 Å². The molecule has 120 valence electrons. The van der Waals surface area contributed by atoms with Crippen molar-refractivity contribution < 1.29 is 9.90 Å². The van der Waals surface area contributed by atoms with E-state index in [-0.39, 0.29) is 6.42 Å². The Morgan fingerprint density at radius 3 is 2.73 bits per heavy atom. The van der Waals surface area contributed by atoms with Gasteiger partial charge in [-0.3, -0.25) is 4.79 Å². The largest absolute Gasteiger partial charge is 0.389 e. The molecule has 0 bridgehead atoms. The fourth-order valence-corrected chi connectivity index (χ4v) is 2.91. The molecule has 0 saturated carbocycles. The van der Waals surface area contributed by atoms with E-state index in [4.69, 9.17) is 5.73 Å². The van der Waals surface area contributed by atoms with E-state index in [2.05, 4.69) is 15.1 Å². The maximum absolute atomic E-state index is 11.0. The van der Waals surface area contributed by atoms with Crippen LogP contribution in [0, 0.1) is 6.92 Å². The third kappa shape index (κ3) is 4.60. The molecule has 0 atom stereocenters. The second kappa shape index (κ2) is 6.53. The monoisotopic (exact) mass is 323 g/mol. The standard InChI is InChI=1S/C14H21N5O2S/c1-9-10(22-8-16-9)4-5-13-17-12(6-11(15)20)18-19(13)7-14(2,3)21/h8,21H,4-7H2,1-3H3,(H2,15,20). The van der Waals surface area contributed by atoms with Crippen LogP contribution in [-0.4, -0.2) is 36.4 Å². The highest BCUT2D eigenvalue weighted by atomic mass is 32.1. The summed E-state index contributed by atoms with van der Waals surface area (Å²) in [5.74, 6) is 0.671. The molecule has 1 amide bonds. The Hall–Kier alpha value is -1.80. The van der Waals surface area contributed by atoms with Crippen LogP contribution in [0.15, 0.2) is 5.51 Å². The lowest BCUT2D eigenvalue weighted by Gasteiger charge is -2.17. The fourth-order valence-electron chi connectivity index (χ4n) is 2.13. The molecule has 0 unspecified atom stereocenters. The Labute approximate surface area is 133 Å². The van der Waals surface area contributed by atoms with Gasteiger partial charge in [-0.1, -0.05) is 0 Å². The lowest BCUT2D eigenvalue weighted by molar-refractivity contribution is -0.117. The van der Waals surface area contributed by atoms with Crippen LogP contribution in [0.2, 0.25) is 0 Å². The van der Waals surface area contributed by atoms with Crippen molar-refractivity contribution in [1.82, 2.24) is 19.7 Å². The van der Waals surface area contributed by atoms with Crippen molar-refractivity contribution >= 4 is 17.2 Å². The Morgan fingerprint density at radius 2 is 2.18 bits per heavy atom. The number of thiazole rings is 1. The number of aromatic nitrogens is 4. The zero-order chi connectivity index (χ0) is 16.3. The summed E-state index contributed by atoms with van der Waals surface area (Å²) in [7, 11) is 0. The van der Waals surface area contributed by atoms with Crippen molar-refractivity contribution in [2.45, 2.75) is 52.2 Å². The Bertz CT molecular complexity index is 656. The number of amides is 1. The van der Waals surface area contributed by atoms with E-state index < -0.39 is 11.5 Å². The Morgan fingerprint density at radius 1 is 1.45 bits per heavy atom. The summed E-state index contributed by atoms with van der Waals surface area (Å²) in [6.07, 6.45) is 1.48. The highest BCUT2D eigenvalue weighted by Gasteiger charge is 2.19. The van der Waals surface area contributed by atoms with Crippen molar-refractivity contribution in [3.05, 3.63) is 27.7 Å². The van der Waals surface area contributed by atoms with Crippen LogP contribution in [-0.2, 0) is 30.6 Å². The third-order valence-corrected chi connectivity index (χ3v) is 4.08. The molecule has 2 aromatic heterocycles. The molecule has 0 aromatic carbocycles. The molecule has 0 aliphatic rings. The lowest BCUT2D eigenvalue weighted by atomic mass is 10.1. The van der Waals surface area contributed by atoms with Crippen LogP contribution >= 0.6 is 11.3 Å². The molecule has 0 fully saturated rings. The number of primary amides is 1. The fraction of sp³-hybridized carbons (Fsp3) is 0.571. The quantitative estimate of drug-likeness (QED) is 0.777. The average molecular weight is 323 g/mol. The summed E-state index contributed by atoms with van der Waals surface area (Å²) < 4.78 is 1.66. The first-order valence-corrected chi connectivity index (χ1v) is 7.95. The lowest BCUT2D eigenvalue weighted by Crippen LogP contribution is -2.28. The first-order chi connectivity index (χ1) is 10.2. The van der Waals surface area contributed by atoms with Crippen LogP contribution in [0.1, 0.15) is 36.1 Å². The molecule has 22 heavy (non-hydrogen) atoms. The number of hydrogen-bond acceptors (Lipinski definition) is 6. The van der Waals surface area contributed by atoms with Gasteiger partial charge < -0.3 is 10.8 Å². The predicted molar refractivity (Wildman–Crippen MR) is 83.5 cm³/mol. The van der Waals surface area contributed by atoms with E-state index >= 15 is 0 Å². The molecule has 3 N–H and O–H groups in total. The van der Waals surface area contributed by atoms with Gasteiger partial charge in [0.15, 0.2) is 5.82 Å². The summed E-state index contributed by atoms with van der Waals surface area (Å²) in [4.78, 5) is 20.9. The minimum absolute atomic E-state index is 0.00540. The Balaban J connectivity index is 2.17. The summed E-state index contributed by atoms with van der Waals surface area (Å²) in [5.41, 5.74) is 7.14. The smallest absolute Gasteiger partial charge is 0.225 e. The molecular formula is C14H21N5O2S. The van der Waals surface area contributed by atoms with Crippen molar-refractivity contribution in [3.63, 3.8) is 0 Å². The zero-order valence-corrected chi connectivity index (χ0v) is 13.9. The van der Waals surface area contributed by atoms with E-state index in [1.54, 1.807) is 29.9 Å². The number of nitrogens with two attached hydrogens (primary N) is 1. The summed E-state index contributed by atoms with van der Waals surface area (Å²) in [5, 5.41) is 14.3. The first-order valence-electron chi connectivity index (χ1n) is 7.07. The van der Waals surface area contributed by atoms with Gasteiger partial charge in [-0.05, 0) is 27.2 Å². The number of carbonyl (C=O) groups is 1. The molecule has 0 saturated heterocycles. The SMILES string of the molecule is Cc1ncsc1CCc1nc(CC(N)=O)nn1CC(C)(C)O. The maximum atomic E-state index is 11.0. The Kier molecular flexibility index (Phi) is 4.92. The highest BCUT2D eigenvalue weighted by Crippen LogP contribution is 2.16. The minimum atomic E-state index is -0.910. The van der Waals surface area contributed by atoms with E-state index in [9.17, 15) is 9.90 Å². The molecule has 0 aliphatic heterocycles. The molecular weight excluding hydrogens is 302 g/mol. The van der Waals surface area contributed by atoms with Gasteiger partial charge in [0.1, 0.15) is 5.82 Å².